The summed E-state index contributed by atoms with van der Waals surface area (Å²) in [6.07, 6.45) is 13.6. The van der Waals surface area contributed by atoms with Gasteiger partial charge in [0.05, 0.1) is 11.7 Å². The lowest BCUT2D eigenvalue weighted by Gasteiger charge is -2.37. The van der Waals surface area contributed by atoms with Gasteiger partial charge in [0, 0.05) is 25.8 Å². The molecule has 0 amide bonds. The minimum Gasteiger partial charge on any atom is -0.327 e. The Labute approximate surface area is 163 Å². The lowest BCUT2D eigenvalue weighted by molar-refractivity contribution is 0.158. The molecule has 27 heavy (non-hydrogen) atoms. The summed E-state index contributed by atoms with van der Waals surface area (Å²) in [5.41, 5.74) is 11.5. The predicted octanol–water partition coefficient (Wildman–Crippen LogP) is 4.08. The van der Waals surface area contributed by atoms with Gasteiger partial charge in [0.1, 0.15) is 0 Å². The van der Waals surface area contributed by atoms with Crippen molar-refractivity contribution in [1.82, 2.24) is 9.88 Å². The number of nitrogens with zero attached hydrogens (tertiary/aromatic N) is 2. The molecular formula is C24H31N3. The Morgan fingerprint density at radius 1 is 1.00 bits per heavy atom. The molecule has 1 aromatic carbocycles. The van der Waals surface area contributed by atoms with Gasteiger partial charge in [0.15, 0.2) is 0 Å². The van der Waals surface area contributed by atoms with Crippen molar-refractivity contribution in [3.8, 4) is 0 Å². The van der Waals surface area contributed by atoms with E-state index in [9.17, 15) is 0 Å². The molecule has 2 N–H and O–H groups in total. The highest BCUT2D eigenvalue weighted by molar-refractivity contribution is 5.30. The van der Waals surface area contributed by atoms with Crippen LogP contribution in [0.3, 0.4) is 0 Å². The van der Waals surface area contributed by atoms with Gasteiger partial charge < -0.3 is 5.73 Å². The molecule has 2 atom stereocenters. The Balaban J connectivity index is 1.53. The van der Waals surface area contributed by atoms with Crippen LogP contribution in [0, 0.1) is 5.92 Å². The number of pyridine rings is 1. The zero-order valence-corrected chi connectivity index (χ0v) is 16.2. The van der Waals surface area contributed by atoms with E-state index in [1.807, 2.05) is 6.20 Å². The maximum atomic E-state index is 5.69. The van der Waals surface area contributed by atoms with Crippen LogP contribution < -0.4 is 5.73 Å². The molecule has 1 aromatic heterocycles. The van der Waals surface area contributed by atoms with E-state index in [1.165, 1.54) is 49.8 Å². The van der Waals surface area contributed by atoms with E-state index >= 15 is 0 Å². The molecule has 3 heteroatoms. The van der Waals surface area contributed by atoms with Crippen LogP contribution in [0.15, 0.2) is 54.7 Å². The zero-order chi connectivity index (χ0) is 18.5. The van der Waals surface area contributed by atoms with Gasteiger partial charge in [0.2, 0.25) is 0 Å². The van der Waals surface area contributed by atoms with Crippen molar-refractivity contribution < 1.29 is 0 Å². The molecule has 2 aromatic rings. The standard InChI is InChI=1S/C24H31N3/c25-14-3-4-16-27(23-11-5-9-21-10-6-15-26-24(21)23)18-19-12-13-20-7-1-2-8-22(20)17-19/h1-4,6-8,10,15,19,23H,5,9,11-14,16-18,25H2/b4-3+/t19-,23+/m1/s1. The number of hydrogen-bond donors (Lipinski definition) is 1. The van der Waals surface area contributed by atoms with Crippen molar-refractivity contribution in [2.75, 3.05) is 19.6 Å². The summed E-state index contributed by atoms with van der Waals surface area (Å²) in [7, 11) is 0. The van der Waals surface area contributed by atoms with E-state index in [-0.39, 0.29) is 0 Å². The molecule has 0 saturated carbocycles. The zero-order valence-electron chi connectivity index (χ0n) is 16.2. The average molecular weight is 362 g/mol. The van der Waals surface area contributed by atoms with Crippen molar-refractivity contribution in [3.05, 3.63) is 77.1 Å². The molecule has 142 valence electrons. The van der Waals surface area contributed by atoms with E-state index in [0.717, 1.165) is 19.0 Å². The molecule has 0 aliphatic heterocycles. The Kier molecular flexibility index (Phi) is 6.00. The van der Waals surface area contributed by atoms with Crippen LogP contribution in [0.5, 0.6) is 0 Å². The number of nitrogens with two attached hydrogens (primary N) is 1. The van der Waals surface area contributed by atoms with Gasteiger partial charge in [-0.05, 0) is 67.2 Å². The average Bonchev–Trinajstić information content (AvgIpc) is 2.73. The molecule has 4 rings (SSSR count). The summed E-state index contributed by atoms with van der Waals surface area (Å²) in [6, 6.07) is 13.8. The highest BCUT2D eigenvalue weighted by atomic mass is 15.2. The van der Waals surface area contributed by atoms with Crippen molar-refractivity contribution in [2.24, 2.45) is 11.7 Å². The van der Waals surface area contributed by atoms with Crippen LogP contribution >= 0.6 is 0 Å². The molecular weight excluding hydrogens is 330 g/mol. The summed E-state index contributed by atoms with van der Waals surface area (Å²) >= 11 is 0. The van der Waals surface area contributed by atoms with Gasteiger partial charge in [-0.3, -0.25) is 9.88 Å². The topological polar surface area (TPSA) is 42.1 Å². The van der Waals surface area contributed by atoms with E-state index in [4.69, 9.17) is 10.7 Å². The van der Waals surface area contributed by atoms with E-state index < -0.39 is 0 Å². The Hall–Kier alpha value is -1.97. The molecule has 0 radical (unpaired) electrons. The monoisotopic (exact) mass is 361 g/mol. The van der Waals surface area contributed by atoms with Gasteiger partial charge in [-0.25, -0.2) is 0 Å². The van der Waals surface area contributed by atoms with Crippen LogP contribution in [0.4, 0.5) is 0 Å². The third kappa shape index (κ3) is 4.31. The smallest absolute Gasteiger partial charge is 0.0607 e. The number of benzene rings is 1. The fourth-order valence-corrected chi connectivity index (χ4v) is 4.84. The van der Waals surface area contributed by atoms with Gasteiger partial charge in [-0.2, -0.15) is 0 Å². The number of rotatable bonds is 6. The van der Waals surface area contributed by atoms with Crippen molar-refractivity contribution in [3.63, 3.8) is 0 Å². The van der Waals surface area contributed by atoms with E-state index in [2.05, 4.69) is 53.5 Å². The molecule has 0 bridgehead atoms. The molecule has 3 nitrogen and oxygen atoms in total. The summed E-state index contributed by atoms with van der Waals surface area (Å²) in [5.74, 6) is 0.722. The Bertz CT molecular complexity index is 783. The molecule has 2 aliphatic rings. The normalized spacial score (nSPS) is 22.0. The van der Waals surface area contributed by atoms with Crippen LogP contribution in [0.1, 0.15) is 47.7 Å². The summed E-state index contributed by atoms with van der Waals surface area (Å²) in [5, 5.41) is 0. The summed E-state index contributed by atoms with van der Waals surface area (Å²) in [6.45, 7) is 2.73. The third-order valence-electron chi connectivity index (χ3n) is 6.19. The SMILES string of the molecule is NC/C=C/CN(C[C@@H]1CCc2ccccc2C1)[C@H]1CCCc2cccnc21. The number of aromatic nitrogens is 1. The Morgan fingerprint density at radius 2 is 1.85 bits per heavy atom. The minimum absolute atomic E-state index is 0.439. The number of aryl methyl sites for hydroxylation is 2. The largest absolute Gasteiger partial charge is 0.327 e. The fourth-order valence-electron chi connectivity index (χ4n) is 4.84. The second-order valence-electron chi connectivity index (χ2n) is 7.99. The van der Waals surface area contributed by atoms with E-state index in [1.54, 1.807) is 11.1 Å². The maximum absolute atomic E-state index is 5.69. The van der Waals surface area contributed by atoms with Crippen molar-refractivity contribution in [1.29, 1.82) is 0 Å². The first kappa shape index (κ1) is 18.4. The lowest BCUT2D eigenvalue weighted by atomic mass is 9.83. The molecule has 1 heterocycles. The molecule has 0 spiro atoms. The van der Waals surface area contributed by atoms with Gasteiger partial charge >= 0.3 is 0 Å². The molecule has 0 fully saturated rings. The molecule has 0 saturated heterocycles. The summed E-state index contributed by atoms with van der Waals surface area (Å²) < 4.78 is 0. The first-order chi connectivity index (χ1) is 13.3. The first-order valence-corrected chi connectivity index (χ1v) is 10.4. The number of fused-ring (bicyclic) bond motifs is 2. The van der Waals surface area contributed by atoms with Gasteiger partial charge in [-0.15, -0.1) is 0 Å². The fraction of sp³-hybridized carbons (Fsp3) is 0.458. The van der Waals surface area contributed by atoms with Crippen LogP contribution in [-0.4, -0.2) is 29.5 Å². The quantitative estimate of drug-likeness (QED) is 0.788. The summed E-state index contributed by atoms with van der Waals surface area (Å²) in [4.78, 5) is 7.45. The van der Waals surface area contributed by atoms with Gasteiger partial charge in [0.25, 0.3) is 0 Å². The minimum atomic E-state index is 0.439. The predicted molar refractivity (Wildman–Crippen MR) is 112 cm³/mol. The van der Waals surface area contributed by atoms with Crippen molar-refractivity contribution in [2.45, 2.75) is 44.6 Å². The second-order valence-corrected chi connectivity index (χ2v) is 7.99. The molecule has 0 unspecified atom stereocenters. The lowest BCUT2D eigenvalue weighted by Crippen LogP contribution is -2.37. The van der Waals surface area contributed by atoms with Gasteiger partial charge in [-0.1, -0.05) is 42.5 Å². The third-order valence-corrected chi connectivity index (χ3v) is 6.19. The van der Waals surface area contributed by atoms with Crippen LogP contribution in [-0.2, 0) is 19.3 Å². The van der Waals surface area contributed by atoms with Crippen molar-refractivity contribution >= 4 is 0 Å². The van der Waals surface area contributed by atoms with Crippen LogP contribution in [0.25, 0.3) is 0 Å². The Morgan fingerprint density at radius 3 is 2.74 bits per heavy atom. The van der Waals surface area contributed by atoms with Crippen LogP contribution in [0.2, 0.25) is 0 Å². The second kappa shape index (κ2) is 8.81. The highest BCUT2D eigenvalue weighted by Crippen LogP contribution is 2.35. The highest BCUT2D eigenvalue weighted by Gasteiger charge is 2.29. The first-order valence-electron chi connectivity index (χ1n) is 10.4. The maximum Gasteiger partial charge on any atom is 0.0607 e. The number of hydrogen-bond acceptors (Lipinski definition) is 3. The molecule has 2 aliphatic carbocycles. The van der Waals surface area contributed by atoms with E-state index in [0.29, 0.717) is 12.6 Å².